The number of hydrogen-bond donors (Lipinski definition) is 7. The lowest BCUT2D eigenvalue weighted by molar-refractivity contribution is -0.332. The molecule has 0 aromatic rings. The van der Waals surface area contributed by atoms with Crippen molar-refractivity contribution < 1.29 is 73.8 Å². The van der Waals surface area contributed by atoms with E-state index in [4.69, 9.17) is 28.4 Å². The summed E-state index contributed by atoms with van der Waals surface area (Å²) < 4.78 is 33.6. The largest absolute Gasteiger partial charge is 0.462 e. The first-order valence-corrected chi connectivity index (χ1v) is 28.9. The molecule has 15 nitrogen and oxygen atoms in total. The van der Waals surface area contributed by atoms with Gasteiger partial charge in [0.15, 0.2) is 18.7 Å². The Morgan fingerprint density at radius 1 is 0.432 bits per heavy atom. The van der Waals surface area contributed by atoms with Crippen molar-refractivity contribution in [3.8, 4) is 0 Å². The lowest BCUT2D eigenvalue weighted by Crippen LogP contribution is -2.61. The molecule has 4 unspecified atom stereocenters. The highest BCUT2D eigenvalue weighted by atomic mass is 16.7. The molecule has 11 atom stereocenters. The molecular weight excluding hydrogens is 949 g/mol. The lowest BCUT2D eigenvalue weighted by atomic mass is 9.98. The summed E-state index contributed by atoms with van der Waals surface area (Å²) in [6.45, 7) is 2.53. The maximum Gasteiger partial charge on any atom is 0.306 e. The fraction of sp³-hybridized carbons (Fsp3) is 0.797. The van der Waals surface area contributed by atoms with E-state index in [-0.39, 0.29) is 19.4 Å². The molecule has 428 valence electrons. The van der Waals surface area contributed by atoms with Crippen LogP contribution in [0.1, 0.15) is 206 Å². The minimum atomic E-state index is -1.78. The molecule has 74 heavy (non-hydrogen) atoms. The quantitative estimate of drug-likeness (QED) is 0.0171. The number of hydrogen-bond acceptors (Lipinski definition) is 15. The Morgan fingerprint density at radius 2 is 0.824 bits per heavy atom. The smallest absolute Gasteiger partial charge is 0.306 e. The molecule has 0 radical (unpaired) electrons. The van der Waals surface area contributed by atoms with Crippen molar-refractivity contribution in [2.75, 3.05) is 26.4 Å². The molecule has 0 aromatic heterocycles. The van der Waals surface area contributed by atoms with E-state index in [0.29, 0.717) is 19.3 Å². The highest BCUT2D eigenvalue weighted by molar-refractivity contribution is 5.70. The van der Waals surface area contributed by atoms with Crippen LogP contribution < -0.4 is 0 Å². The maximum atomic E-state index is 13.0. The third-order valence-electron chi connectivity index (χ3n) is 13.5. The Labute approximate surface area is 445 Å². The molecule has 2 aliphatic heterocycles. The zero-order valence-electron chi connectivity index (χ0n) is 45.6. The predicted octanol–water partition coefficient (Wildman–Crippen LogP) is 9.61. The fourth-order valence-electron chi connectivity index (χ4n) is 8.73. The average Bonchev–Trinajstić information content (AvgIpc) is 3.39. The molecule has 2 rings (SSSR count). The monoisotopic (exact) mass is 1050 g/mol. The number of carbonyl (C=O) groups excluding carboxylic acids is 2. The molecule has 2 aliphatic rings. The molecule has 7 N–H and O–H groups in total. The molecular formula is C59H102O15. The van der Waals surface area contributed by atoms with E-state index < -0.39 is 99.3 Å². The third-order valence-corrected chi connectivity index (χ3v) is 13.5. The van der Waals surface area contributed by atoms with Crippen LogP contribution in [0.25, 0.3) is 0 Å². The van der Waals surface area contributed by atoms with Gasteiger partial charge in [0.25, 0.3) is 0 Å². The fourth-order valence-corrected chi connectivity index (χ4v) is 8.73. The van der Waals surface area contributed by atoms with Crippen molar-refractivity contribution in [2.45, 2.75) is 274 Å². The van der Waals surface area contributed by atoms with E-state index in [2.05, 4.69) is 68.5 Å². The zero-order valence-corrected chi connectivity index (χ0v) is 45.6. The van der Waals surface area contributed by atoms with Gasteiger partial charge in [0.1, 0.15) is 55.4 Å². The minimum absolute atomic E-state index is 0.0876. The van der Waals surface area contributed by atoms with Gasteiger partial charge in [-0.1, -0.05) is 177 Å². The Balaban J connectivity index is 1.79. The minimum Gasteiger partial charge on any atom is -0.462 e. The van der Waals surface area contributed by atoms with Crippen LogP contribution in [0, 0.1) is 0 Å². The first kappa shape index (κ1) is 67.3. The summed E-state index contributed by atoms with van der Waals surface area (Å²) >= 11 is 0. The number of ether oxygens (including phenoxy) is 6. The van der Waals surface area contributed by atoms with E-state index >= 15 is 0 Å². The molecule has 0 spiro atoms. The van der Waals surface area contributed by atoms with Crippen molar-refractivity contribution >= 4 is 11.9 Å². The highest BCUT2D eigenvalue weighted by Crippen LogP contribution is 2.26. The highest BCUT2D eigenvalue weighted by Gasteiger charge is 2.47. The van der Waals surface area contributed by atoms with Crippen LogP contribution in [-0.4, -0.2) is 142 Å². The van der Waals surface area contributed by atoms with Crippen LogP contribution in [-0.2, 0) is 38.0 Å². The van der Waals surface area contributed by atoms with Gasteiger partial charge in [-0.2, -0.15) is 0 Å². The Bertz CT molecular complexity index is 1520. The molecule has 15 heteroatoms. The van der Waals surface area contributed by atoms with E-state index in [9.17, 15) is 45.3 Å². The maximum absolute atomic E-state index is 13.0. The molecule has 2 heterocycles. The van der Waals surface area contributed by atoms with Crippen LogP contribution in [0.3, 0.4) is 0 Å². The first-order chi connectivity index (χ1) is 36.0. The number of rotatable bonds is 45. The summed E-state index contributed by atoms with van der Waals surface area (Å²) in [5.74, 6) is -0.991. The number of aliphatic hydroxyl groups is 7. The van der Waals surface area contributed by atoms with Crippen LogP contribution in [0.2, 0.25) is 0 Å². The number of aliphatic hydroxyl groups excluding tert-OH is 7. The van der Waals surface area contributed by atoms with E-state index in [1.165, 1.54) is 109 Å². The van der Waals surface area contributed by atoms with Crippen LogP contribution >= 0.6 is 0 Å². The molecule has 0 saturated carbocycles. The summed E-state index contributed by atoms with van der Waals surface area (Å²) in [7, 11) is 0. The summed E-state index contributed by atoms with van der Waals surface area (Å²) in [5, 5.41) is 72.2. The van der Waals surface area contributed by atoms with Crippen molar-refractivity contribution in [1.82, 2.24) is 0 Å². The summed E-state index contributed by atoms with van der Waals surface area (Å²) in [4.78, 5) is 25.9. The van der Waals surface area contributed by atoms with Gasteiger partial charge in [-0.3, -0.25) is 9.59 Å². The molecule has 0 bridgehead atoms. The van der Waals surface area contributed by atoms with Crippen LogP contribution in [0.4, 0.5) is 0 Å². The van der Waals surface area contributed by atoms with Gasteiger partial charge >= 0.3 is 11.9 Å². The first-order valence-electron chi connectivity index (χ1n) is 28.9. The van der Waals surface area contributed by atoms with Crippen molar-refractivity contribution in [1.29, 1.82) is 0 Å². The number of allylic oxidation sites excluding steroid dienone is 10. The SMILES string of the molecule is CCCCCC/C=C/CCCCCCCCCCCC(=O)OC[C@H](CO[C@H]1O[C@@H](CO[C@H]2O[C@@H](CO)[C@@H](O)C(O)C2O)[C@@H](O)C(O)C1O)OC(=O)CCC/C=C/C/C=C/C/C=C/C/C=C/CCCCCCCCC. The Kier molecular flexibility index (Phi) is 41.2. The lowest BCUT2D eigenvalue weighted by Gasteiger charge is -2.42. The van der Waals surface area contributed by atoms with E-state index in [1.54, 1.807) is 0 Å². The van der Waals surface area contributed by atoms with Crippen molar-refractivity contribution in [3.05, 3.63) is 60.8 Å². The predicted molar refractivity (Wildman–Crippen MR) is 289 cm³/mol. The Hall–Kier alpha value is -2.80. The van der Waals surface area contributed by atoms with Gasteiger partial charge in [0, 0.05) is 12.8 Å². The molecule has 0 aromatic carbocycles. The molecule has 0 amide bonds. The number of unbranched alkanes of at least 4 members (excludes halogenated alkanes) is 21. The normalized spacial score (nSPS) is 25.1. The summed E-state index contributed by atoms with van der Waals surface area (Å²) in [6.07, 6.45) is 36.8. The number of carbonyl (C=O) groups is 2. The Morgan fingerprint density at radius 3 is 1.34 bits per heavy atom. The van der Waals surface area contributed by atoms with Gasteiger partial charge in [0.05, 0.1) is 19.8 Å². The zero-order chi connectivity index (χ0) is 53.9. The third kappa shape index (κ3) is 32.1. The second-order valence-corrected chi connectivity index (χ2v) is 20.1. The second kappa shape index (κ2) is 45.2. The number of esters is 2. The molecule has 2 fully saturated rings. The van der Waals surface area contributed by atoms with Crippen LogP contribution in [0.15, 0.2) is 60.8 Å². The van der Waals surface area contributed by atoms with Gasteiger partial charge in [-0.15, -0.1) is 0 Å². The van der Waals surface area contributed by atoms with Crippen molar-refractivity contribution in [3.63, 3.8) is 0 Å². The van der Waals surface area contributed by atoms with E-state index in [1.807, 2.05) is 6.08 Å². The molecule has 2 saturated heterocycles. The van der Waals surface area contributed by atoms with Gasteiger partial charge in [-0.05, 0) is 77.0 Å². The topological polar surface area (TPSA) is 231 Å². The average molecular weight is 1050 g/mol. The summed E-state index contributed by atoms with van der Waals surface area (Å²) in [5.41, 5.74) is 0. The van der Waals surface area contributed by atoms with Gasteiger partial charge in [0.2, 0.25) is 0 Å². The summed E-state index contributed by atoms with van der Waals surface area (Å²) in [6, 6.07) is 0. The van der Waals surface area contributed by atoms with Gasteiger partial charge < -0.3 is 64.2 Å². The van der Waals surface area contributed by atoms with Gasteiger partial charge in [-0.25, -0.2) is 0 Å². The second-order valence-electron chi connectivity index (χ2n) is 20.1. The van der Waals surface area contributed by atoms with Crippen LogP contribution in [0.5, 0.6) is 0 Å². The standard InChI is InChI=1S/C59H102O15/c1-3-5-7-9-11-13-15-17-19-21-22-23-24-26-28-30-32-34-36-38-40-42-51(62)72-47(44-69-50(61)41-39-37-35-33-31-29-27-25-20-18-16-14-12-10-8-6-4-2)45-70-58-57(68)55(66)53(64)49(74-58)46-71-59-56(67)54(65)52(63)48(43-60)73-59/h14,16,19,21,23-24,28,30,34,36,47-49,52-60,63-68H,3-13,15,17-18,20,22,25-27,29,31-33,35,37-46H2,1-2H3/b16-14+,21-19+,24-23+,30-28+,36-34+/t47-,48+,49+,52-,53-,54?,55?,56?,57?,58+,59+/m1/s1. The van der Waals surface area contributed by atoms with Crippen molar-refractivity contribution in [2.24, 2.45) is 0 Å². The van der Waals surface area contributed by atoms with E-state index in [0.717, 1.165) is 51.4 Å². The molecule has 0 aliphatic carbocycles.